The maximum absolute atomic E-state index is 12.5. The Hall–Kier alpha value is -1.85. The molecule has 1 aromatic heterocycles. The van der Waals surface area contributed by atoms with Gasteiger partial charge in [0.15, 0.2) is 6.10 Å². The Labute approximate surface area is 135 Å². The predicted molar refractivity (Wildman–Crippen MR) is 87.2 cm³/mol. The van der Waals surface area contributed by atoms with Gasteiger partial charge in [0.1, 0.15) is 11.3 Å². The minimum atomic E-state index is -0.547. The van der Waals surface area contributed by atoms with Crippen LogP contribution < -0.4 is 5.32 Å². The van der Waals surface area contributed by atoms with Gasteiger partial charge in [0.25, 0.3) is 5.91 Å². The zero-order chi connectivity index (χ0) is 16.4. The molecule has 1 aliphatic heterocycles. The fraction of sp³-hybridized carbons (Fsp3) is 0.500. The average molecular weight is 317 g/mol. The van der Waals surface area contributed by atoms with E-state index in [1.807, 2.05) is 31.2 Å². The number of benzene rings is 1. The quantitative estimate of drug-likeness (QED) is 0.942. The topological polar surface area (TPSA) is 60.7 Å². The largest absolute Gasteiger partial charge is 0.459 e. The van der Waals surface area contributed by atoms with Crippen LogP contribution in [0.15, 0.2) is 28.7 Å². The third-order valence-corrected chi connectivity index (χ3v) is 4.24. The molecule has 0 saturated carbocycles. The van der Waals surface area contributed by atoms with Gasteiger partial charge in [0, 0.05) is 10.9 Å². The molecule has 0 spiro atoms. The molecule has 2 heterocycles. The zero-order valence-electron chi connectivity index (χ0n) is 13.8. The third kappa shape index (κ3) is 3.26. The van der Waals surface area contributed by atoms with Gasteiger partial charge in [0.05, 0.1) is 25.9 Å². The predicted octanol–water partition coefficient (Wildman–Crippen LogP) is 2.97. The Morgan fingerprint density at radius 3 is 2.70 bits per heavy atom. The van der Waals surface area contributed by atoms with Crippen molar-refractivity contribution in [1.82, 2.24) is 5.32 Å². The molecule has 23 heavy (non-hydrogen) atoms. The average Bonchev–Trinajstić information content (AvgIpc) is 2.90. The molecule has 5 heteroatoms. The van der Waals surface area contributed by atoms with E-state index >= 15 is 0 Å². The normalized spacial score (nSPS) is 19.9. The number of amides is 1. The lowest BCUT2D eigenvalue weighted by molar-refractivity contribution is -0.148. The van der Waals surface area contributed by atoms with Gasteiger partial charge < -0.3 is 19.2 Å². The van der Waals surface area contributed by atoms with Gasteiger partial charge in [-0.05, 0) is 18.9 Å². The van der Waals surface area contributed by atoms with Crippen LogP contribution in [0.2, 0.25) is 0 Å². The molecule has 0 bridgehead atoms. The molecule has 1 aromatic carbocycles. The summed E-state index contributed by atoms with van der Waals surface area (Å²) in [5.74, 6) is 0.859. The first-order chi connectivity index (χ1) is 11.1. The van der Waals surface area contributed by atoms with Gasteiger partial charge in [-0.1, -0.05) is 32.0 Å². The second-order valence-corrected chi connectivity index (χ2v) is 6.25. The van der Waals surface area contributed by atoms with Crippen LogP contribution in [0.25, 0.3) is 11.0 Å². The van der Waals surface area contributed by atoms with E-state index in [0.717, 1.165) is 22.3 Å². The summed E-state index contributed by atoms with van der Waals surface area (Å²) in [6, 6.07) is 7.73. The van der Waals surface area contributed by atoms with Crippen LogP contribution >= 0.6 is 0 Å². The summed E-state index contributed by atoms with van der Waals surface area (Å²) >= 11 is 0. The maximum atomic E-state index is 12.5. The highest BCUT2D eigenvalue weighted by atomic mass is 16.6. The van der Waals surface area contributed by atoms with E-state index in [9.17, 15) is 4.79 Å². The standard InChI is InChI=1S/C18H23NO4/c1-11(2)16(19-18(20)15-10-21-8-9-22-15)17-12(3)13-6-4-5-7-14(13)23-17/h4-7,11,15-16H,8-10H2,1-3H3,(H,19,20). The minimum absolute atomic E-state index is 0.150. The Morgan fingerprint density at radius 2 is 2.04 bits per heavy atom. The van der Waals surface area contributed by atoms with Crippen molar-refractivity contribution in [3.05, 3.63) is 35.6 Å². The molecule has 124 valence electrons. The van der Waals surface area contributed by atoms with Crippen LogP contribution in [-0.2, 0) is 14.3 Å². The van der Waals surface area contributed by atoms with E-state index in [0.29, 0.717) is 19.8 Å². The van der Waals surface area contributed by atoms with Crippen LogP contribution in [-0.4, -0.2) is 31.8 Å². The van der Waals surface area contributed by atoms with E-state index < -0.39 is 6.10 Å². The fourth-order valence-corrected chi connectivity index (χ4v) is 2.91. The number of hydrogen-bond acceptors (Lipinski definition) is 4. The van der Waals surface area contributed by atoms with E-state index in [4.69, 9.17) is 13.9 Å². The molecule has 2 atom stereocenters. The monoisotopic (exact) mass is 317 g/mol. The van der Waals surface area contributed by atoms with Crippen molar-refractivity contribution in [3.63, 3.8) is 0 Å². The minimum Gasteiger partial charge on any atom is -0.459 e. The summed E-state index contributed by atoms with van der Waals surface area (Å²) in [5, 5.41) is 4.15. The van der Waals surface area contributed by atoms with E-state index in [2.05, 4.69) is 19.2 Å². The third-order valence-electron chi connectivity index (χ3n) is 4.24. The first kappa shape index (κ1) is 16.0. The lowest BCUT2D eigenvalue weighted by atomic mass is 9.98. The first-order valence-electron chi connectivity index (χ1n) is 8.05. The van der Waals surface area contributed by atoms with Crippen molar-refractivity contribution in [2.24, 2.45) is 5.92 Å². The first-order valence-corrected chi connectivity index (χ1v) is 8.05. The number of aryl methyl sites for hydroxylation is 1. The van der Waals surface area contributed by atoms with Gasteiger partial charge in [0.2, 0.25) is 0 Å². The summed E-state index contributed by atoms with van der Waals surface area (Å²) in [6.45, 7) is 7.46. The van der Waals surface area contributed by atoms with Crippen molar-refractivity contribution in [3.8, 4) is 0 Å². The number of rotatable bonds is 4. The summed E-state index contributed by atoms with van der Waals surface area (Å²) in [6.07, 6.45) is -0.547. The van der Waals surface area contributed by atoms with Crippen molar-refractivity contribution in [2.45, 2.75) is 32.9 Å². The molecule has 1 aliphatic rings. The number of nitrogens with one attached hydrogen (secondary N) is 1. The summed E-state index contributed by atoms with van der Waals surface area (Å²) in [4.78, 5) is 12.5. The van der Waals surface area contributed by atoms with Crippen molar-refractivity contribution < 1.29 is 18.7 Å². The van der Waals surface area contributed by atoms with Crippen LogP contribution in [0.1, 0.15) is 31.2 Å². The zero-order valence-corrected chi connectivity index (χ0v) is 13.8. The molecular weight excluding hydrogens is 294 g/mol. The summed E-state index contributed by atoms with van der Waals surface area (Å²) in [5.41, 5.74) is 1.91. The number of hydrogen-bond donors (Lipinski definition) is 1. The lowest BCUT2D eigenvalue weighted by Gasteiger charge is -2.26. The Balaban J connectivity index is 1.85. The smallest absolute Gasteiger partial charge is 0.252 e. The SMILES string of the molecule is Cc1c(C(NC(=O)C2COCCO2)C(C)C)oc2ccccc12. The maximum Gasteiger partial charge on any atom is 0.252 e. The van der Waals surface area contributed by atoms with Crippen LogP contribution in [0.4, 0.5) is 0 Å². The molecule has 0 aliphatic carbocycles. The van der Waals surface area contributed by atoms with Crippen LogP contribution in [0.3, 0.4) is 0 Å². The number of ether oxygens (including phenoxy) is 2. The van der Waals surface area contributed by atoms with Crippen molar-refractivity contribution in [1.29, 1.82) is 0 Å². The molecule has 2 unspecified atom stereocenters. The molecule has 1 amide bonds. The van der Waals surface area contributed by atoms with Gasteiger partial charge in [-0.15, -0.1) is 0 Å². The number of carbonyl (C=O) groups excluding carboxylic acids is 1. The number of para-hydroxylation sites is 1. The van der Waals surface area contributed by atoms with Crippen molar-refractivity contribution in [2.75, 3.05) is 19.8 Å². The molecule has 3 rings (SSSR count). The van der Waals surface area contributed by atoms with Crippen molar-refractivity contribution >= 4 is 16.9 Å². The lowest BCUT2D eigenvalue weighted by Crippen LogP contribution is -2.45. The number of carbonyl (C=O) groups is 1. The molecular formula is C18H23NO4. The Morgan fingerprint density at radius 1 is 1.26 bits per heavy atom. The Kier molecular flexibility index (Phi) is 4.68. The molecule has 1 saturated heterocycles. The van der Waals surface area contributed by atoms with E-state index in [-0.39, 0.29) is 17.9 Å². The van der Waals surface area contributed by atoms with Crippen LogP contribution in [0, 0.1) is 12.8 Å². The molecule has 2 aromatic rings. The highest BCUT2D eigenvalue weighted by Gasteiger charge is 2.29. The van der Waals surface area contributed by atoms with E-state index in [1.54, 1.807) is 0 Å². The van der Waals surface area contributed by atoms with Gasteiger partial charge in [-0.2, -0.15) is 0 Å². The molecule has 5 nitrogen and oxygen atoms in total. The number of fused-ring (bicyclic) bond motifs is 1. The summed E-state index contributed by atoms with van der Waals surface area (Å²) in [7, 11) is 0. The van der Waals surface area contributed by atoms with E-state index in [1.165, 1.54) is 0 Å². The fourth-order valence-electron chi connectivity index (χ4n) is 2.91. The van der Waals surface area contributed by atoms with Gasteiger partial charge in [-0.3, -0.25) is 4.79 Å². The Bertz CT molecular complexity index is 685. The summed E-state index contributed by atoms with van der Waals surface area (Å²) < 4.78 is 16.8. The van der Waals surface area contributed by atoms with Gasteiger partial charge in [-0.25, -0.2) is 0 Å². The van der Waals surface area contributed by atoms with Crippen LogP contribution in [0.5, 0.6) is 0 Å². The molecule has 1 fully saturated rings. The highest BCUT2D eigenvalue weighted by Crippen LogP contribution is 2.32. The van der Waals surface area contributed by atoms with Gasteiger partial charge >= 0.3 is 0 Å². The number of furan rings is 1. The second kappa shape index (κ2) is 6.72. The molecule has 0 radical (unpaired) electrons. The second-order valence-electron chi connectivity index (χ2n) is 6.25. The highest BCUT2D eigenvalue weighted by molar-refractivity contribution is 5.84. The molecule has 1 N–H and O–H groups in total.